The van der Waals surface area contributed by atoms with Gasteiger partial charge in [0, 0.05) is 23.4 Å². The molecule has 1 heterocycles. The van der Waals surface area contributed by atoms with Gasteiger partial charge in [-0.15, -0.1) is 0 Å². The van der Waals surface area contributed by atoms with Gasteiger partial charge in [0.05, 0.1) is 4.90 Å². The van der Waals surface area contributed by atoms with Crippen molar-refractivity contribution in [1.82, 2.24) is 14.9 Å². The predicted molar refractivity (Wildman–Crippen MR) is 83.3 cm³/mol. The first-order chi connectivity index (χ1) is 10.2. The van der Waals surface area contributed by atoms with Gasteiger partial charge in [0.25, 0.3) is 0 Å². The topological polar surface area (TPSA) is 85.1 Å². The molecule has 6 nitrogen and oxygen atoms in total. The maximum Gasteiger partial charge on any atom is 0.240 e. The van der Waals surface area contributed by atoms with Crippen LogP contribution in [0.25, 0.3) is 0 Å². The molecule has 1 aromatic heterocycles. The van der Waals surface area contributed by atoms with E-state index in [-0.39, 0.29) is 16.9 Å². The Bertz CT molecular complexity index is 733. The lowest BCUT2D eigenvalue weighted by Gasteiger charge is -2.10. The normalized spacial score (nSPS) is 12.5. The number of benzene rings is 1. The molecule has 0 unspecified atom stereocenters. The molecule has 0 amide bonds. The molecule has 1 aromatic carbocycles. The smallest absolute Gasteiger partial charge is 0.240 e. The van der Waals surface area contributed by atoms with Gasteiger partial charge in [-0.3, -0.25) is 0 Å². The zero-order valence-corrected chi connectivity index (χ0v) is 14.2. The van der Waals surface area contributed by atoms with Crippen molar-refractivity contribution in [1.29, 1.82) is 0 Å². The SMILES string of the molecule is CC(C)(C)c1nc(CCNS(=O)(=O)c2ccc(Cl)cc2)no1. The van der Waals surface area contributed by atoms with E-state index in [1.807, 2.05) is 20.8 Å². The molecular weight excluding hydrogens is 326 g/mol. The van der Waals surface area contributed by atoms with Crippen LogP contribution in [0.3, 0.4) is 0 Å². The molecule has 0 aliphatic heterocycles. The van der Waals surface area contributed by atoms with Gasteiger partial charge in [-0.1, -0.05) is 37.5 Å². The Morgan fingerprint density at radius 1 is 1.23 bits per heavy atom. The van der Waals surface area contributed by atoms with E-state index in [2.05, 4.69) is 14.9 Å². The molecule has 0 aliphatic rings. The summed E-state index contributed by atoms with van der Waals surface area (Å²) in [4.78, 5) is 4.42. The molecular formula is C14H18ClN3O3S. The second-order valence-electron chi connectivity index (χ2n) is 5.87. The van der Waals surface area contributed by atoms with Crippen LogP contribution in [0.4, 0.5) is 0 Å². The van der Waals surface area contributed by atoms with Crippen LogP contribution in [0.15, 0.2) is 33.7 Å². The summed E-state index contributed by atoms with van der Waals surface area (Å²) in [5, 5.41) is 4.33. The Labute approximate surface area is 134 Å². The van der Waals surface area contributed by atoms with Crippen molar-refractivity contribution in [3.63, 3.8) is 0 Å². The highest BCUT2D eigenvalue weighted by Gasteiger charge is 2.22. The second-order valence-corrected chi connectivity index (χ2v) is 8.07. The molecule has 0 fully saturated rings. The third kappa shape index (κ3) is 4.28. The molecule has 22 heavy (non-hydrogen) atoms. The minimum Gasteiger partial charge on any atom is -0.339 e. The fourth-order valence-electron chi connectivity index (χ4n) is 1.65. The molecule has 1 N–H and O–H groups in total. The van der Waals surface area contributed by atoms with Gasteiger partial charge in [0.2, 0.25) is 15.9 Å². The molecule has 0 saturated heterocycles. The highest BCUT2D eigenvalue weighted by molar-refractivity contribution is 7.89. The first kappa shape index (κ1) is 16.9. The third-order valence-electron chi connectivity index (χ3n) is 2.87. The summed E-state index contributed by atoms with van der Waals surface area (Å²) >= 11 is 5.74. The lowest BCUT2D eigenvalue weighted by atomic mass is 9.97. The van der Waals surface area contributed by atoms with Crippen LogP contribution in [0, 0.1) is 0 Å². The van der Waals surface area contributed by atoms with Gasteiger partial charge >= 0.3 is 0 Å². The molecule has 8 heteroatoms. The van der Waals surface area contributed by atoms with Crippen molar-refractivity contribution in [3.05, 3.63) is 41.0 Å². The summed E-state index contributed by atoms with van der Waals surface area (Å²) in [6, 6.07) is 5.98. The number of nitrogens with one attached hydrogen (secondary N) is 1. The minimum atomic E-state index is -3.56. The van der Waals surface area contributed by atoms with Crippen LogP contribution >= 0.6 is 11.6 Å². The summed E-state index contributed by atoms with van der Waals surface area (Å²) in [5.41, 5.74) is -0.228. The fourth-order valence-corrected chi connectivity index (χ4v) is 2.81. The summed E-state index contributed by atoms with van der Waals surface area (Å²) in [5.74, 6) is 1.01. The second kappa shape index (κ2) is 6.36. The van der Waals surface area contributed by atoms with E-state index < -0.39 is 10.0 Å². The van der Waals surface area contributed by atoms with Crippen LogP contribution in [0.1, 0.15) is 32.5 Å². The van der Waals surface area contributed by atoms with Gasteiger partial charge in [-0.25, -0.2) is 13.1 Å². The van der Waals surface area contributed by atoms with Crippen molar-refractivity contribution < 1.29 is 12.9 Å². The number of halogens is 1. The molecule has 120 valence electrons. The van der Waals surface area contributed by atoms with Gasteiger partial charge in [-0.05, 0) is 24.3 Å². The Kier molecular flexibility index (Phi) is 4.89. The molecule has 0 aliphatic carbocycles. The first-order valence-corrected chi connectivity index (χ1v) is 8.63. The number of rotatable bonds is 5. The van der Waals surface area contributed by atoms with E-state index in [0.29, 0.717) is 23.2 Å². The highest BCUT2D eigenvalue weighted by atomic mass is 35.5. The Morgan fingerprint density at radius 2 is 1.86 bits per heavy atom. The summed E-state index contributed by atoms with van der Waals surface area (Å²) < 4.78 is 31.8. The van der Waals surface area contributed by atoms with Gasteiger partial charge in [-0.2, -0.15) is 4.98 Å². The third-order valence-corrected chi connectivity index (χ3v) is 4.60. The van der Waals surface area contributed by atoms with Crippen molar-refractivity contribution in [3.8, 4) is 0 Å². The van der Waals surface area contributed by atoms with E-state index in [4.69, 9.17) is 16.1 Å². The number of hydrogen-bond acceptors (Lipinski definition) is 5. The standard InChI is InChI=1S/C14H18ClN3O3S/c1-14(2,3)13-17-12(18-21-13)8-9-16-22(19,20)11-6-4-10(15)5-7-11/h4-7,16H,8-9H2,1-3H3. The van der Waals surface area contributed by atoms with E-state index in [1.165, 1.54) is 24.3 Å². The number of sulfonamides is 1. The maximum atomic E-state index is 12.1. The zero-order valence-electron chi connectivity index (χ0n) is 12.6. The van der Waals surface area contributed by atoms with Gasteiger partial charge in [0.15, 0.2) is 5.82 Å². The number of hydrogen-bond donors (Lipinski definition) is 1. The molecule has 0 spiro atoms. The molecule has 0 saturated carbocycles. The monoisotopic (exact) mass is 343 g/mol. The van der Waals surface area contributed by atoms with E-state index >= 15 is 0 Å². The fraction of sp³-hybridized carbons (Fsp3) is 0.429. The van der Waals surface area contributed by atoms with E-state index in [0.717, 1.165) is 0 Å². The first-order valence-electron chi connectivity index (χ1n) is 6.77. The largest absolute Gasteiger partial charge is 0.339 e. The molecule has 0 atom stereocenters. The molecule has 0 radical (unpaired) electrons. The number of aromatic nitrogens is 2. The lowest BCUT2D eigenvalue weighted by molar-refractivity contribution is 0.318. The van der Waals surface area contributed by atoms with Crippen molar-refractivity contribution in [2.24, 2.45) is 0 Å². The molecule has 0 bridgehead atoms. The highest BCUT2D eigenvalue weighted by Crippen LogP contribution is 2.19. The van der Waals surface area contributed by atoms with Crippen molar-refractivity contribution in [2.75, 3.05) is 6.54 Å². The van der Waals surface area contributed by atoms with Crippen LogP contribution < -0.4 is 4.72 Å². The Morgan fingerprint density at radius 3 is 2.41 bits per heavy atom. The van der Waals surface area contributed by atoms with Crippen LogP contribution in [0.5, 0.6) is 0 Å². The van der Waals surface area contributed by atoms with Crippen molar-refractivity contribution in [2.45, 2.75) is 37.5 Å². The molecule has 2 rings (SSSR count). The average molecular weight is 344 g/mol. The van der Waals surface area contributed by atoms with Crippen molar-refractivity contribution >= 4 is 21.6 Å². The maximum absolute atomic E-state index is 12.1. The lowest BCUT2D eigenvalue weighted by Crippen LogP contribution is -2.26. The predicted octanol–water partition coefficient (Wildman–Crippen LogP) is 2.54. The quantitative estimate of drug-likeness (QED) is 0.901. The zero-order chi connectivity index (χ0) is 16.4. The van der Waals surface area contributed by atoms with Crippen LogP contribution in [-0.2, 0) is 21.9 Å². The summed E-state index contributed by atoms with van der Waals surface area (Å²) in [6.45, 7) is 6.09. The average Bonchev–Trinajstić information content (AvgIpc) is 2.88. The summed E-state index contributed by atoms with van der Waals surface area (Å²) in [6.07, 6.45) is 0.354. The van der Waals surface area contributed by atoms with E-state index in [9.17, 15) is 8.42 Å². The Hall–Kier alpha value is -1.44. The van der Waals surface area contributed by atoms with Gasteiger partial charge < -0.3 is 4.52 Å². The van der Waals surface area contributed by atoms with Gasteiger partial charge in [0.1, 0.15) is 0 Å². The van der Waals surface area contributed by atoms with Crippen LogP contribution in [0.2, 0.25) is 5.02 Å². The van der Waals surface area contributed by atoms with Crippen LogP contribution in [-0.4, -0.2) is 25.1 Å². The number of nitrogens with zero attached hydrogens (tertiary/aromatic N) is 2. The summed E-state index contributed by atoms with van der Waals surface area (Å²) in [7, 11) is -3.56. The van der Waals surface area contributed by atoms with E-state index in [1.54, 1.807) is 0 Å². The Balaban J connectivity index is 1.95. The molecule has 2 aromatic rings. The minimum absolute atomic E-state index is 0.167.